The summed E-state index contributed by atoms with van der Waals surface area (Å²) in [5.41, 5.74) is 1.29. The Labute approximate surface area is 168 Å². The Bertz CT molecular complexity index is 788. The summed E-state index contributed by atoms with van der Waals surface area (Å²) in [5, 5.41) is 0. The van der Waals surface area contributed by atoms with Crippen molar-refractivity contribution in [3.8, 4) is 11.5 Å². The van der Waals surface area contributed by atoms with E-state index in [0.29, 0.717) is 5.75 Å². The zero-order chi connectivity index (χ0) is 21.2. The molecular weight excluding hydrogens is 352 g/mol. The predicted molar refractivity (Wildman–Crippen MR) is 112 cm³/mol. The Morgan fingerprint density at radius 2 is 1.07 bits per heavy atom. The van der Waals surface area contributed by atoms with Gasteiger partial charge >= 0.3 is 6.16 Å². The van der Waals surface area contributed by atoms with Gasteiger partial charge in [-0.15, -0.1) is 0 Å². The number of carbonyl (C=O) groups is 1. The molecule has 28 heavy (non-hydrogen) atoms. The van der Waals surface area contributed by atoms with E-state index < -0.39 is 11.8 Å². The Hall–Kier alpha value is -2.49. The number of benzene rings is 2. The molecule has 0 aromatic heterocycles. The van der Waals surface area contributed by atoms with Gasteiger partial charge in [-0.2, -0.15) is 0 Å². The second-order valence-corrected chi connectivity index (χ2v) is 9.45. The Balaban J connectivity index is 2.12. The van der Waals surface area contributed by atoms with Crippen LogP contribution in [0.15, 0.2) is 48.5 Å². The number of ether oxygens (including phenoxy) is 3. The molecule has 0 aliphatic rings. The summed E-state index contributed by atoms with van der Waals surface area (Å²) >= 11 is 0. The van der Waals surface area contributed by atoms with E-state index in [1.165, 1.54) is 5.56 Å². The molecule has 0 saturated heterocycles. The van der Waals surface area contributed by atoms with Crippen LogP contribution < -0.4 is 9.47 Å². The topological polar surface area (TPSA) is 44.8 Å². The minimum absolute atomic E-state index is 0.204. The van der Waals surface area contributed by atoms with E-state index in [1.54, 1.807) is 32.9 Å². The van der Waals surface area contributed by atoms with E-state index >= 15 is 0 Å². The molecule has 0 heterocycles. The molecule has 4 nitrogen and oxygen atoms in total. The maximum Gasteiger partial charge on any atom is 0.514 e. The molecule has 0 bridgehead atoms. The molecule has 0 spiro atoms. The van der Waals surface area contributed by atoms with E-state index in [1.807, 2.05) is 45.0 Å². The van der Waals surface area contributed by atoms with Crippen molar-refractivity contribution in [2.75, 3.05) is 0 Å². The smallest absolute Gasteiger partial charge is 0.488 e. The molecule has 2 rings (SSSR count). The third kappa shape index (κ3) is 6.29. The van der Waals surface area contributed by atoms with Gasteiger partial charge in [-0.3, -0.25) is 0 Å². The van der Waals surface area contributed by atoms with Gasteiger partial charge in [0.25, 0.3) is 0 Å². The average Bonchev–Trinajstić information content (AvgIpc) is 2.52. The number of hydrogen-bond acceptors (Lipinski definition) is 4. The van der Waals surface area contributed by atoms with Gasteiger partial charge in [-0.25, -0.2) is 4.79 Å². The van der Waals surface area contributed by atoms with Crippen LogP contribution in [0.1, 0.15) is 66.5 Å². The lowest BCUT2D eigenvalue weighted by atomic mass is 9.78. The lowest BCUT2D eigenvalue weighted by Crippen LogP contribution is -2.26. The van der Waals surface area contributed by atoms with Crippen molar-refractivity contribution >= 4 is 6.16 Å². The predicted octanol–water partition coefficient (Wildman–Crippen LogP) is 6.50. The Kier molecular flexibility index (Phi) is 6.12. The second-order valence-electron chi connectivity index (χ2n) is 9.45. The molecule has 2 aromatic rings. The van der Waals surface area contributed by atoms with Gasteiger partial charge < -0.3 is 14.2 Å². The zero-order valence-electron chi connectivity index (χ0n) is 18.3. The summed E-state index contributed by atoms with van der Waals surface area (Å²) in [6.07, 6.45) is -0.700. The summed E-state index contributed by atoms with van der Waals surface area (Å²) < 4.78 is 16.3. The number of rotatable bonds is 4. The largest absolute Gasteiger partial charge is 0.514 e. The fourth-order valence-corrected chi connectivity index (χ4v) is 2.77. The van der Waals surface area contributed by atoms with Crippen LogP contribution >= 0.6 is 0 Å². The average molecular weight is 385 g/mol. The highest BCUT2D eigenvalue weighted by Gasteiger charge is 2.24. The Morgan fingerprint density at radius 1 is 0.643 bits per heavy atom. The van der Waals surface area contributed by atoms with Crippen LogP contribution in [-0.4, -0.2) is 17.4 Å². The molecule has 0 N–H and O–H groups in total. The lowest BCUT2D eigenvalue weighted by Gasteiger charge is -2.27. The summed E-state index contributed by atoms with van der Waals surface area (Å²) in [4.78, 5) is 11.8. The first-order chi connectivity index (χ1) is 12.8. The van der Waals surface area contributed by atoms with Gasteiger partial charge in [0.15, 0.2) is 0 Å². The van der Waals surface area contributed by atoms with Crippen LogP contribution in [0.25, 0.3) is 0 Å². The van der Waals surface area contributed by atoms with Gasteiger partial charge in [0.05, 0.1) is 0 Å². The first kappa shape index (κ1) is 21.8. The highest BCUT2D eigenvalue weighted by Crippen LogP contribution is 2.33. The van der Waals surface area contributed by atoms with E-state index in [4.69, 9.17) is 14.2 Å². The molecule has 0 saturated carbocycles. The highest BCUT2D eigenvalue weighted by atomic mass is 16.7. The molecule has 0 atom stereocenters. The molecule has 4 heteroatoms. The Morgan fingerprint density at radius 3 is 1.46 bits per heavy atom. The molecule has 0 unspecified atom stereocenters. The van der Waals surface area contributed by atoms with E-state index in [0.717, 1.165) is 11.3 Å². The molecule has 0 amide bonds. The SMILES string of the molecule is CC(C)(C)OC(=O)Oc1ccc(C(C)(C)c2ccc(OC(C)(C)C)cc2)cc1. The van der Waals surface area contributed by atoms with E-state index in [2.05, 4.69) is 26.0 Å². The quantitative estimate of drug-likeness (QED) is 0.445. The molecule has 152 valence electrons. The first-order valence-corrected chi connectivity index (χ1v) is 9.57. The van der Waals surface area contributed by atoms with Crippen molar-refractivity contribution in [2.24, 2.45) is 0 Å². The highest BCUT2D eigenvalue weighted by molar-refractivity contribution is 5.64. The molecule has 0 aliphatic carbocycles. The van der Waals surface area contributed by atoms with Crippen molar-refractivity contribution in [2.45, 2.75) is 72.0 Å². The third-order valence-electron chi connectivity index (χ3n) is 4.17. The van der Waals surface area contributed by atoms with Crippen molar-refractivity contribution in [3.63, 3.8) is 0 Å². The molecule has 0 aliphatic heterocycles. The third-order valence-corrected chi connectivity index (χ3v) is 4.17. The fraction of sp³-hybridized carbons (Fsp3) is 0.458. The summed E-state index contributed by atoms with van der Waals surface area (Å²) in [5.74, 6) is 1.32. The monoisotopic (exact) mass is 384 g/mol. The minimum atomic E-state index is -0.700. The molecule has 2 aromatic carbocycles. The zero-order valence-corrected chi connectivity index (χ0v) is 18.3. The van der Waals surface area contributed by atoms with Crippen LogP contribution in [0.4, 0.5) is 4.79 Å². The van der Waals surface area contributed by atoms with Crippen molar-refractivity contribution in [3.05, 3.63) is 59.7 Å². The number of hydrogen-bond donors (Lipinski definition) is 0. The van der Waals surface area contributed by atoms with Gasteiger partial charge in [0.1, 0.15) is 22.7 Å². The minimum Gasteiger partial charge on any atom is -0.488 e. The van der Waals surface area contributed by atoms with E-state index in [9.17, 15) is 4.79 Å². The lowest BCUT2D eigenvalue weighted by molar-refractivity contribution is 0.0206. The van der Waals surface area contributed by atoms with Crippen molar-refractivity contribution in [1.82, 2.24) is 0 Å². The van der Waals surface area contributed by atoms with Gasteiger partial charge in [0, 0.05) is 5.41 Å². The molecular formula is C24H32O4. The summed E-state index contributed by atoms with van der Waals surface area (Å²) in [6, 6.07) is 15.7. The van der Waals surface area contributed by atoms with Crippen molar-refractivity contribution < 1.29 is 19.0 Å². The number of carbonyl (C=O) groups excluding carboxylic acids is 1. The van der Waals surface area contributed by atoms with Crippen LogP contribution in [0.2, 0.25) is 0 Å². The fourth-order valence-electron chi connectivity index (χ4n) is 2.77. The van der Waals surface area contributed by atoms with Crippen LogP contribution in [0, 0.1) is 0 Å². The van der Waals surface area contributed by atoms with Gasteiger partial charge in [0.2, 0.25) is 0 Å². The molecule has 0 fully saturated rings. The summed E-state index contributed by atoms with van der Waals surface area (Å²) in [7, 11) is 0. The van der Waals surface area contributed by atoms with Crippen LogP contribution in [0.5, 0.6) is 11.5 Å². The molecule has 0 radical (unpaired) electrons. The van der Waals surface area contributed by atoms with Gasteiger partial charge in [-0.05, 0) is 76.9 Å². The second kappa shape index (κ2) is 7.86. The van der Waals surface area contributed by atoms with E-state index in [-0.39, 0.29) is 11.0 Å². The first-order valence-electron chi connectivity index (χ1n) is 9.57. The van der Waals surface area contributed by atoms with Crippen molar-refractivity contribution in [1.29, 1.82) is 0 Å². The maximum absolute atomic E-state index is 11.8. The van der Waals surface area contributed by atoms with Gasteiger partial charge in [-0.1, -0.05) is 38.1 Å². The van der Waals surface area contributed by atoms with Crippen LogP contribution in [0.3, 0.4) is 0 Å². The maximum atomic E-state index is 11.8. The summed E-state index contributed by atoms with van der Waals surface area (Å²) in [6.45, 7) is 15.8. The van der Waals surface area contributed by atoms with Crippen LogP contribution in [-0.2, 0) is 10.2 Å². The normalized spacial score (nSPS) is 12.4. The standard InChI is InChI=1S/C24H32O4/c1-22(2,3)27-20-15-11-18(12-16-20)24(7,8)17-9-13-19(14-10-17)26-21(25)28-23(4,5)6/h9-16H,1-8H3.